The second-order valence-electron chi connectivity index (χ2n) is 5.48. The number of nitrogens with zero attached hydrogens (tertiary/aromatic N) is 2. The zero-order chi connectivity index (χ0) is 13.1. The minimum Gasteiger partial charge on any atom is -0.340 e. The fourth-order valence-electron chi connectivity index (χ4n) is 1.70. The van der Waals surface area contributed by atoms with E-state index in [4.69, 9.17) is 5.73 Å². The predicted molar refractivity (Wildman–Crippen MR) is 68.5 cm³/mol. The Bertz CT molecular complexity index is 396. The highest BCUT2D eigenvalue weighted by atomic mass is 16.2. The monoisotopic (exact) mass is 235 g/mol. The van der Waals surface area contributed by atoms with E-state index in [0.717, 1.165) is 5.56 Å². The van der Waals surface area contributed by atoms with Crippen molar-refractivity contribution in [1.29, 1.82) is 0 Å². The number of rotatable bonds is 3. The van der Waals surface area contributed by atoms with E-state index >= 15 is 0 Å². The van der Waals surface area contributed by atoms with Crippen molar-refractivity contribution in [2.24, 2.45) is 11.1 Å². The van der Waals surface area contributed by atoms with Gasteiger partial charge in [-0.25, -0.2) is 0 Å². The molecule has 1 rings (SSSR count). The van der Waals surface area contributed by atoms with Gasteiger partial charge < -0.3 is 10.6 Å². The van der Waals surface area contributed by atoms with Crippen LogP contribution in [0.2, 0.25) is 0 Å². The third kappa shape index (κ3) is 4.15. The first-order chi connectivity index (χ1) is 7.83. The van der Waals surface area contributed by atoms with E-state index in [1.54, 1.807) is 24.2 Å². The number of carbonyl (C=O) groups is 1. The maximum absolute atomic E-state index is 12.1. The lowest BCUT2D eigenvalue weighted by molar-refractivity contribution is 0.0739. The molecule has 0 aliphatic rings. The van der Waals surface area contributed by atoms with E-state index in [0.29, 0.717) is 18.8 Å². The molecule has 2 N–H and O–H groups in total. The summed E-state index contributed by atoms with van der Waals surface area (Å²) in [6.07, 6.45) is 1.63. The largest absolute Gasteiger partial charge is 0.340 e. The standard InChI is InChI=1S/C13H21N3O/c1-13(2,3)9-16(4)12(17)11-7-10(8-14)5-6-15-11/h5-7H,8-9,14H2,1-4H3. The quantitative estimate of drug-likeness (QED) is 0.866. The lowest BCUT2D eigenvalue weighted by Crippen LogP contribution is -2.35. The van der Waals surface area contributed by atoms with Crippen LogP contribution in [0.3, 0.4) is 0 Å². The molecule has 0 spiro atoms. The van der Waals surface area contributed by atoms with Gasteiger partial charge in [0.1, 0.15) is 5.69 Å². The second kappa shape index (κ2) is 5.27. The molecule has 0 aliphatic carbocycles. The molecule has 0 aliphatic heterocycles. The Morgan fingerprint density at radius 1 is 1.47 bits per heavy atom. The average molecular weight is 235 g/mol. The van der Waals surface area contributed by atoms with Crippen LogP contribution in [0.15, 0.2) is 18.3 Å². The molecule has 4 heteroatoms. The van der Waals surface area contributed by atoms with E-state index < -0.39 is 0 Å². The van der Waals surface area contributed by atoms with Crippen molar-refractivity contribution in [3.63, 3.8) is 0 Å². The van der Waals surface area contributed by atoms with Crippen LogP contribution in [0.1, 0.15) is 36.8 Å². The summed E-state index contributed by atoms with van der Waals surface area (Å²) in [4.78, 5) is 17.9. The minimum absolute atomic E-state index is 0.0600. The predicted octanol–water partition coefficient (Wildman–Crippen LogP) is 1.66. The van der Waals surface area contributed by atoms with Gasteiger partial charge in [-0.05, 0) is 23.1 Å². The summed E-state index contributed by atoms with van der Waals surface area (Å²) in [5, 5.41) is 0. The summed E-state index contributed by atoms with van der Waals surface area (Å²) < 4.78 is 0. The summed E-state index contributed by atoms with van der Waals surface area (Å²) >= 11 is 0. The van der Waals surface area contributed by atoms with Crippen molar-refractivity contribution in [3.8, 4) is 0 Å². The number of amides is 1. The Morgan fingerprint density at radius 2 is 2.12 bits per heavy atom. The average Bonchev–Trinajstić information content (AvgIpc) is 2.26. The lowest BCUT2D eigenvalue weighted by atomic mass is 9.96. The zero-order valence-electron chi connectivity index (χ0n) is 11.0. The van der Waals surface area contributed by atoms with Gasteiger partial charge in [-0.15, -0.1) is 0 Å². The number of aromatic nitrogens is 1. The third-order valence-corrected chi connectivity index (χ3v) is 2.34. The van der Waals surface area contributed by atoms with E-state index in [1.807, 2.05) is 6.07 Å². The molecule has 94 valence electrons. The highest BCUT2D eigenvalue weighted by molar-refractivity contribution is 5.92. The highest BCUT2D eigenvalue weighted by Gasteiger charge is 2.19. The van der Waals surface area contributed by atoms with E-state index in [1.165, 1.54) is 0 Å². The Kier molecular flexibility index (Phi) is 4.23. The Morgan fingerprint density at radius 3 is 2.65 bits per heavy atom. The van der Waals surface area contributed by atoms with Gasteiger partial charge in [0, 0.05) is 26.3 Å². The number of hydrogen-bond donors (Lipinski definition) is 1. The molecule has 1 amide bonds. The van der Waals surface area contributed by atoms with Crippen molar-refractivity contribution < 1.29 is 4.79 Å². The van der Waals surface area contributed by atoms with Crippen LogP contribution in [0.5, 0.6) is 0 Å². The molecule has 1 aromatic rings. The summed E-state index contributed by atoms with van der Waals surface area (Å²) in [5.41, 5.74) is 7.00. The smallest absolute Gasteiger partial charge is 0.272 e. The van der Waals surface area contributed by atoms with Crippen molar-refractivity contribution >= 4 is 5.91 Å². The molecule has 0 saturated carbocycles. The third-order valence-electron chi connectivity index (χ3n) is 2.34. The molecule has 0 radical (unpaired) electrons. The van der Waals surface area contributed by atoms with Crippen molar-refractivity contribution in [2.45, 2.75) is 27.3 Å². The van der Waals surface area contributed by atoms with Gasteiger partial charge in [-0.1, -0.05) is 20.8 Å². The van der Waals surface area contributed by atoms with Crippen molar-refractivity contribution in [2.75, 3.05) is 13.6 Å². The van der Waals surface area contributed by atoms with Gasteiger partial charge in [0.25, 0.3) is 5.91 Å². The molecule has 4 nitrogen and oxygen atoms in total. The maximum atomic E-state index is 12.1. The van der Waals surface area contributed by atoms with Gasteiger partial charge in [0.2, 0.25) is 0 Å². The summed E-state index contributed by atoms with van der Waals surface area (Å²) in [5.74, 6) is -0.0600. The van der Waals surface area contributed by atoms with Crippen LogP contribution < -0.4 is 5.73 Å². The molecule has 0 atom stereocenters. The minimum atomic E-state index is -0.0600. The zero-order valence-corrected chi connectivity index (χ0v) is 11.0. The van der Waals surface area contributed by atoms with Gasteiger partial charge in [0.05, 0.1) is 0 Å². The van der Waals surface area contributed by atoms with Gasteiger partial charge in [-0.3, -0.25) is 9.78 Å². The van der Waals surface area contributed by atoms with Crippen LogP contribution in [-0.2, 0) is 6.54 Å². The van der Waals surface area contributed by atoms with Crippen LogP contribution in [0.4, 0.5) is 0 Å². The molecular formula is C13H21N3O. The summed E-state index contributed by atoms with van der Waals surface area (Å²) in [6.45, 7) is 7.41. The molecular weight excluding hydrogens is 214 g/mol. The first-order valence-corrected chi connectivity index (χ1v) is 5.74. The molecule has 0 bridgehead atoms. The first-order valence-electron chi connectivity index (χ1n) is 5.74. The van der Waals surface area contributed by atoms with E-state index in [9.17, 15) is 4.79 Å². The number of nitrogens with two attached hydrogens (primary N) is 1. The summed E-state index contributed by atoms with van der Waals surface area (Å²) in [7, 11) is 1.80. The molecule has 1 heterocycles. The molecule has 1 aromatic heterocycles. The normalized spacial score (nSPS) is 11.4. The van der Waals surface area contributed by atoms with Crippen LogP contribution >= 0.6 is 0 Å². The number of pyridine rings is 1. The first kappa shape index (κ1) is 13.6. The molecule has 0 aromatic carbocycles. The lowest BCUT2D eigenvalue weighted by Gasteiger charge is -2.26. The Labute approximate surface area is 103 Å². The topological polar surface area (TPSA) is 59.2 Å². The van der Waals surface area contributed by atoms with Crippen molar-refractivity contribution in [3.05, 3.63) is 29.6 Å². The number of carbonyl (C=O) groups excluding carboxylic acids is 1. The van der Waals surface area contributed by atoms with E-state index in [-0.39, 0.29) is 11.3 Å². The highest BCUT2D eigenvalue weighted by Crippen LogP contribution is 2.15. The molecule has 0 saturated heterocycles. The Balaban J connectivity index is 2.81. The fourth-order valence-corrected chi connectivity index (χ4v) is 1.70. The molecule has 0 fully saturated rings. The SMILES string of the molecule is CN(CC(C)(C)C)C(=O)c1cc(CN)ccn1. The summed E-state index contributed by atoms with van der Waals surface area (Å²) in [6, 6.07) is 3.57. The van der Waals surface area contributed by atoms with Crippen LogP contribution in [0.25, 0.3) is 0 Å². The number of hydrogen-bond acceptors (Lipinski definition) is 3. The second-order valence-corrected chi connectivity index (χ2v) is 5.48. The Hall–Kier alpha value is -1.42. The van der Waals surface area contributed by atoms with Crippen LogP contribution in [-0.4, -0.2) is 29.4 Å². The van der Waals surface area contributed by atoms with Gasteiger partial charge in [0.15, 0.2) is 0 Å². The fraction of sp³-hybridized carbons (Fsp3) is 0.538. The van der Waals surface area contributed by atoms with Crippen LogP contribution in [0, 0.1) is 5.41 Å². The molecule has 17 heavy (non-hydrogen) atoms. The van der Waals surface area contributed by atoms with E-state index in [2.05, 4.69) is 25.8 Å². The van der Waals surface area contributed by atoms with Crippen molar-refractivity contribution in [1.82, 2.24) is 9.88 Å². The van der Waals surface area contributed by atoms with Gasteiger partial charge >= 0.3 is 0 Å². The maximum Gasteiger partial charge on any atom is 0.272 e. The van der Waals surface area contributed by atoms with Gasteiger partial charge in [-0.2, -0.15) is 0 Å². The molecule has 0 unspecified atom stereocenters.